The van der Waals surface area contributed by atoms with Gasteiger partial charge >= 0.3 is 0 Å². The van der Waals surface area contributed by atoms with Crippen LogP contribution in [0.25, 0.3) is 0 Å². The molecule has 0 heterocycles. The molecule has 0 aliphatic rings. The van der Waals surface area contributed by atoms with Gasteiger partial charge in [0.15, 0.2) is 6.61 Å². The van der Waals surface area contributed by atoms with Crippen LogP contribution in [0.4, 0.5) is 0 Å². The summed E-state index contributed by atoms with van der Waals surface area (Å²) in [6.45, 7) is 7.91. The van der Waals surface area contributed by atoms with E-state index in [0.29, 0.717) is 0 Å². The van der Waals surface area contributed by atoms with Crippen molar-refractivity contribution in [2.45, 2.75) is 27.7 Å². The summed E-state index contributed by atoms with van der Waals surface area (Å²) in [5, 5.41) is 3.98. The Balaban J connectivity index is 1.89. The minimum absolute atomic E-state index is 0.0596. The van der Waals surface area contributed by atoms with Gasteiger partial charge in [0.1, 0.15) is 5.75 Å². The maximum atomic E-state index is 11.8. The summed E-state index contributed by atoms with van der Waals surface area (Å²) < 4.78 is 5.59. The molecule has 0 spiro atoms. The molecule has 0 saturated carbocycles. The minimum Gasteiger partial charge on any atom is -0.483 e. The lowest BCUT2D eigenvalue weighted by atomic mass is 10.1. The molecule has 120 valence electrons. The number of aryl methyl sites for hydroxylation is 4. The van der Waals surface area contributed by atoms with Crippen molar-refractivity contribution >= 4 is 12.1 Å². The van der Waals surface area contributed by atoms with Gasteiger partial charge in [-0.15, -0.1) is 0 Å². The van der Waals surface area contributed by atoms with Gasteiger partial charge in [-0.25, -0.2) is 5.43 Å². The average Bonchev–Trinajstić information content (AvgIpc) is 2.49. The van der Waals surface area contributed by atoms with Gasteiger partial charge in [0, 0.05) is 0 Å². The zero-order valence-electron chi connectivity index (χ0n) is 14.0. The Hall–Kier alpha value is -2.62. The Morgan fingerprint density at radius 3 is 2.43 bits per heavy atom. The molecule has 23 heavy (non-hydrogen) atoms. The van der Waals surface area contributed by atoms with Gasteiger partial charge in [0.2, 0.25) is 0 Å². The lowest BCUT2D eigenvalue weighted by Gasteiger charge is -2.10. The fourth-order valence-electron chi connectivity index (χ4n) is 2.34. The highest BCUT2D eigenvalue weighted by molar-refractivity contribution is 5.84. The summed E-state index contributed by atoms with van der Waals surface area (Å²) in [5.74, 6) is 0.467. The second-order valence-corrected chi connectivity index (χ2v) is 5.66. The summed E-state index contributed by atoms with van der Waals surface area (Å²) in [5.41, 5.74) is 7.81. The van der Waals surface area contributed by atoms with Crippen LogP contribution in [-0.2, 0) is 4.79 Å². The van der Waals surface area contributed by atoms with Crippen LogP contribution in [0.3, 0.4) is 0 Å². The molecular formula is C19H22N2O2. The van der Waals surface area contributed by atoms with Crippen LogP contribution in [0.5, 0.6) is 5.75 Å². The predicted octanol–water partition coefficient (Wildman–Crippen LogP) is 3.45. The van der Waals surface area contributed by atoms with Crippen molar-refractivity contribution < 1.29 is 9.53 Å². The number of rotatable bonds is 5. The van der Waals surface area contributed by atoms with Crippen molar-refractivity contribution in [2.75, 3.05) is 6.61 Å². The zero-order valence-corrected chi connectivity index (χ0v) is 14.0. The van der Waals surface area contributed by atoms with E-state index in [2.05, 4.69) is 16.6 Å². The molecule has 0 fully saturated rings. The Morgan fingerprint density at radius 2 is 1.78 bits per heavy atom. The molecule has 1 N–H and O–H groups in total. The van der Waals surface area contributed by atoms with Gasteiger partial charge in [-0.1, -0.05) is 42.0 Å². The average molecular weight is 310 g/mol. The lowest BCUT2D eigenvalue weighted by Crippen LogP contribution is -2.25. The molecule has 1 amide bonds. The summed E-state index contributed by atoms with van der Waals surface area (Å²) in [6, 6.07) is 11.9. The SMILES string of the molecule is Cc1ccc(/C=N\NC(=O)COc2c(C)cccc2C)c(C)c1. The summed E-state index contributed by atoms with van der Waals surface area (Å²) in [6.07, 6.45) is 1.64. The number of para-hydroxylation sites is 1. The molecule has 2 aromatic carbocycles. The minimum atomic E-state index is -0.284. The molecule has 0 unspecified atom stereocenters. The first-order valence-corrected chi connectivity index (χ1v) is 7.55. The monoisotopic (exact) mass is 310 g/mol. The van der Waals surface area contributed by atoms with Crippen molar-refractivity contribution in [3.05, 3.63) is 64.2 Å². The van der Waals surface area contributed by atoms with E-state index in [0.717, 1.165) is 28.0 Å². The maximum absolute atomic E-state index is 11.8. The Kier molecular flexibility index (Phi) is 5.52. The van der Waals surface area contributed by atoms with E-state index in [4.69, 9.17) is 4.74 Å². The summed E-state index contributed by atoms with van der Waals surface area (Å²) in [7, 11) is 0. The molecule has 0 saturated heterocycles. The third kappa shape index (κ3) is 4.68. The van der Waals surface area contributed by atoms with Crippen molar-refractivity contribution in [1.82, 2.24) is 5.43 Å². The molecule has 0 bridgehead atoms. The molecule has 2 rings (SSSR count). The van der Waals surface area contributed by atoms with Gasteiger partial charge in [-0.05, 0) is 49.9 Å². The fourth-order valence-corrected chi connectivity index (χ4v) is 2.34. The standard InChI is InChI=1S/C19H22N2O2/c1-13-8-9-17(16(4)10-13)11-20-21-18(22)12-23-19-14(2)6-5-7-15(19)3/h5-11H,12H2,1-4H3,(H,21,22)/b20-11-. The Morgan fingerprint density at radius 1 is 1.09 bits per heavy atom. The number of carbonyl (C=O) groups excluding carboxylic acids is 1. The molecule has 0 aromatic heterocycles. The van der Waals surface area contributed by atoms with Crippen LogP contribution in [0, 0.1) is 27.7 Å². The van der Waals surface area contributed by atoms with E-state index in [1.165, 1.54) is 5.56 Å². The first-order valence-electron chi connectivity index (χ1n) is 7.55. The van der Waals surface area contributed by atoms with Crippen LogP contribution >= 0.6 is 0 Å². The van der Waals surface area contributed by atoms with Crippen molar-refractivity contribution in [1.29, 1.82) is 0 Å². The van der Waals surface area contributed by atoms with Crippen molar-refractivity contribution in [3.63, 3.8) is 0 Å². The largest absolute Gasteiger partial charge is 0.483 e. The number of ether oxygens (including phenoxy) is 1. The summed E-state index contributed by atoms with van der Waals surface area (Å²) in [4.78, 5) is 11.8. The Bertz CT molecular complexity index is 716. The molecule has 0 aliphatic heterocycles. The number of benzene rings is 2. The molecular weight excluding hydrogens is 288 g/mol. The first-order chi connectivity index (χ1) is 11.0. The van der Waals surface area contributed by atoms with Gasteiger partial charge < -0.3 is 4.74 Å². The topological polar surface area (TPSA) is 50.7 Å². The van der Waals surface area contributed by atoms with E-state index < -0.39 is 0 Å². The van der Waals surface area contributed by atoms with E-state index >= 15 is 0 Å². The van der Waals surface area contributed by atoms with Crippen LogP contribution in [0.1, 0.15) is 27.8 Å². The van der Waals surface area contributed by atoms with Crippen LogP contribution in [-0.4, -0.2) is 18.7 Å². The highest BCUT2D eigenvalue weighted by atomic mass is 16.5. The van der Waals surface area contributed by atoms with Crippen molar-refractivity contribution in [3.8, 4) is 5.75 Å². The number of hydrogen-bond donors (Lipinski definition) is 1. The van der Waals surface area contributed by atoms with Crippen molar-refractivity contribution in [2.24, 2.45) is 5.10 Å². The zero-order chi connectivity index (χ0) is 16.8. The lowest BCUT2D eigenvalue weighted by molar-refractivity contribution is -0.123. The van der Waals surface area contributed by atoms with Crippen LogP contribution in [0.15, 0.2) is 41.5 Å². The second-order valence-electron chi connectivity index (χ2n) is 5.66. The molecule has 4 nitrogen and oxygen atoms in total. The normalized spacial score (nSPS) is 10.8. The second kappa shape index (κ2) is 7.58. The van der Waals surface area contributed by atoms with E-state index in [-0.39, 0.29) is 12.5 Å². The molecule has 0 atom stereocenters. The number of nitrogens with one attached hydrogen (secondary N) is 1. The predicted molar refractivity (Wildman–Crippen MR) is 93.1 cm³/mol. The highest BCUT2D eigenvalue weighted by Gasteiger charge is 2.06. The smallest absolute Gasteiger partial charge is 0.277 e. The number of amides is 1. The number of hydrazone groups is 1. The maximum Gasteiger partial charge on any atom is 0.277 e. The fraction of sp³-hybridized carbons (Fsp3) is 0.263. The van der Waals surface area contributed by atoms with Crippen LogP contribution in [0.2, 0.25) is 0 Å². The van der Waals surface area contributed by atoms with Gasteiger partial charge in [-0.2, -0.15) is 5.10 Å². The van der Waals surface area contributed by atoms with E-state index in [9.17, 15) is 4.79 Å². The number of carbonyl (C=O) groups is 1. The van der Waals surface area contributed by atoms with Crippen LogP contribution < -0.4 is 10.2 Å². The number of nitrogens with zero attached hydrogens (tertiary/aromatic N) is 1. The number of hydrogen-bond acceptors (Lipinski definition) is 3. The Labute approximate surface area is 137 Å². The highest BCUT2D eigenvalue weighted by Crippen LogP contribution is 2.21. The first kappa shape index (κ1) is 16.7. The third-order valence-corrected chi connectivity index (χ3v) is 3.57. The van der Waals surface area contributed by atoms with E-state index in [1.54, 1.807) is 6.21 Å². The molecule has 4 heteroatoms. The van der Waals surface area contributed by atoms with Gasteiger partial charge in [0.05, 0.1) is 6.21 Å². The van der Waals surface area contributed by atoms with Gasteiger partial charge in [0.25, 0.3) is 5.91 Å². The van der Waals surface area contributed by atoms with E-state index in [1.807, 2.05) is 58.0 Å². The molecule has 0 aliphatic carbocycles. The third-order valence-electron chi connectivity index (χ3n) is 3.57. The summed E-state index contributed by atoms with van der Waals surface area (Å²) >= 11 is 0. The molecule has 2 aromatic rings. The quantitative estimate of drug-likeness (QED) is 0.679. The van der Waals surface area contributed by atoms with Gasteiger partial charge in [-0.3, -0.25) is 4.79 Å². The molecule has 0 radical (unpaired) electrons.